The lowest BCUT2D eigenvalue weighted by molar-refractivity contribution is 0.816. The minimum absolute atomic E-state index is 0.709. The summed E-state index contributed by atoms with van der Waals surface area (Å²) in [6.45, 7) is 2.75. The molecule has 92 valence electrons. The van der Waals surface area contributed by atoms with Crippen molar-refractivity contribution in [3.05, 3.63) is 40.4 Å². The highest BCUT2D eigenvalue weighted by molar-refractivity contribution is 8.01. The van der Waals surface area contributed by atoms with Crippen LogP contribution in [0.15, 0.2) is 32.8 Å². The fourth-order valence-corrected chi connectivity index (χ4v) is 3.40. The predicted octanol–water partition coefficient (Wildman–Crippen LogP) is 3.19. The van der Waals surface area contributed by atoms with Crippen molar-refractivity contribution in [3.8, 4) is 6.07 Å². The van der Waals surface area contributed by atoms with Gasteiger partial charge in [0.2, 0.25) is 0 Å². The summed E-state index contributed by atoms with van der Waals surface area (Å²) in [7, 11) is 1.90. The van der Waals surface area contributed by atoms with Gasteiger partial charge in [0.05, 0.1) is 5.56 Å². The molecule has 0 amide bonds. The van der Waals surface area contributed by atoms with Crippen LogP contribution in [0.5, 0.6) is 0 Å². The topological polar surface area (TPSA) is 48.7 Å². The molecule has 1 aromatic carbocycles. The van der Waals surface area contributed by atoms with E-state index in [-0.39, 0.29) is 0 Å². The van der Waals surface area contributed by atoms with Gasteiger partial charge in [-0.1, -0.05) is 17.8 Å². The van der Waals surface area contributed by atoms with Gasteiger partial charge in [0.15, 0.2) is 4.34 Å². The van der Waals surface area contributed by atoms with Crippen LogP contribution >= 0.6 is 23.1 Å². The first-order chi connectivity index (χ1) is 8.72. The summed E-state index contributed by atoms with van der Waals surface area (Å²) in [4.78, 5) is 5.36. The van der Waals surface area contributed by atoms with Crippen LogP contribution in [-0.2, 0) is 6.54 Å². The van der Waals surface area contributed by atoms with Gasteiger partial charge in [-0.2, -0.15) is 5.26 Å². The number of aromatic nitrogens is 1. The van der Waals surface area contributed by atoms with Gasteiger partial charge in [0.1, 0.15) is 6.07 Å². The second kappa shape index (κ2) is 6.01. The van der Waals surface area contributed by atoms with Gasteiger partial charge < -0.3 is 5.32 Å². The number of hydrogen-bond donors (Lipinski definition) is 1. The van der Waals surface area contributed by atoms with Crippen molar-refractivity contribution >= 4 is 23.1 Å². The van der Waals surface area contributed by atoms with E-state index in [0.717, 1.165) is 27.0 Å². The zero-order valence-electron chi connectivity index (χ0n) is 10.2. The Bertz CT molecular complexity index is 584. The summed E-state index contributed by atoms with van der Waals surface area (Å²) in [6, 6.07) is 8.21. The lowest BCUT2D eigenvalue weighted by Gasteiger charge is -2.04. The molecule has 0 aliphatic heterocycles. The highest BCUT2D eigenvalue weighted by Crippen LogP contribution is 2.32. The van der Waals surface area contributed by atoms with E-state index >= 15 is 0 Å². The molecule has 0 unspecified atom stereocenters. The van der Waals surface area contributed by atoms with Crippen LogP contribution in [0, 0.1) is 18.3 Å². The fraction of sp³-hybridized carbons (Fsp3) is 0.231. The summed E-state index contributed by atoms with van der Waals surface area (Å²) in [5.41, 5.74) is 2.85. The van der Waals surface area contributed by atoms with Crippen LogP contribution in [-0.4, -0.2) is 12.0 Å². The van der Waals surface area contributed by atoms with Gasteiger partial charge in [-0.15, -0.1) is 11.3 Å². The number of nitrogens with one attached hydrogen (secondary N) is 1. The monoisotopic (exact) mass is 275 g/mol. The van der Waals surface area contributed by atoms with Crippen LogP contribution in [0.2, 0.25) is 0 Å². The average molecular weight is 275 g/mol. The van der Waals surface area contributed by atoms with Crippen LogP contribution < -0.4 is 5.32 Å². The van der Waals surface area contributed by atoms with Crippen molar-refractivity contribution in [2.45, 2.75) is 22.7 Å². The second-order valence-electron chi connectivity index (χ2n) is 3.83. The molecule has 0 aliphatic rings. The van der Waals surface area contributed by atoms with Crippen molar-refractivity contribution in [2.75, 3.05) is 7.05 Å². The maximum atomic E-state index is 9.19. The first kappa shape index (κ1) is 13.1. The Morgan fingerprint density at radius 2 is 2.33 bits per heavy atom. The third-order valence-electron chi connectivity index (χ3n) is 2.34. The molecular weight excluding hydrogens is 262 g/mol. The SMILES string of the molecule is CNCc1ccc(Sc2nc(C)cs2)c(C#N)c1. The Labute approximate surface area is 115 Å². The Morgan fingerprint density at radius 1 is 1.50 bits per heavy atom. The summed E-state index contributed by atoms with van der Waals surface area (Å²) in [5, 5.41) is 14.3. The van der Waals surface area contributed by atoms with E-state index in [1.165, 1.54) is 0 Å². The minimum atomic E-state index is 0.709. The van der Waals surface area contributed by atoms with Crippen molar-refractivity contribution in [1.82, 2.24) is 10.3 Å². The Hall–Kier alpha value is -1.35. The molecular formula is C13H13N3S2. The average Bonchev–Trinajstić information content (AvgIpc) is 2.77. The third-order valence-corrected chi connectivity index (χ3v) is 4.47. The van der Waals surface area contributed by atoms with E-state index in [2.05, 4.69) is 16.4 Å². The smallest absolute Gasteiger partial charge is 0.154 e. The van der Waals surface area contributed by atoms with Gasteiger partial charge in [-0.3, -0.25) is 0 Å². The van der Waals surface area contributed by atoms with Gasteiger partial charge in [-0.25, -0.2) is 4.98 Å². The highest BCUT2D eigenvalue weighted by atomic mass is 32.2. The standard InChI is InChI=1S/C13H13N3S2/c1-9-8-17-13(16-9)18-12-4-3-10(7-15-2)5-11(12)6-14/h3-5,8,15H,7H2,1-2H3. The largest absolute Gasteiger partial charge is 0.316 e. The Balaban J connectivity index is 2.25. The summed E-state index contributed by atoms with van der Waals surface area (Å²) in [6.07, 6.45) is 0. The minimum Gasteiger partial charge on any atom is -0.316 e. The van der Waals surface area contributed by atoms with Gasteiger partial charge in [0, 0.05) is 22.5 Å². The van der Waals surface area contributed by atoms with E-state index in [9.17, 15) is 5.26 Å². The maximum Gasteiger partial charge on any atom is 0.154 e. The molecule has 1 aromatic heterocycles. The first-order valence-corrected chi connectivity index (χ1v) is 7.20. The van der Waals surface area contributed by atoms with E-state index in [4.69, 9.17) is 0 Å². The van der Waals surface area contributed by atoms with Crippen molar-refractivity contribution in [3.63, 3.8) is 0 Å². The van der Waals surface area contributed by atoms with Gasteiger partial charge in [0.25, 0.3) is 0 Å². The van der Waals surface area contributed by atoms with Gasteiger partial charge >= 0.3 is 0 Å². The molecule has 0 saturated carbocycles. The van der Waals surface area contributed by atoms with Crippen LogP contribution in [0.1, 0.15) is 16.8 Å². The third kappa shape index (κ3) is 3.10. The van der Waals surface area contributed by atoms with Crippen LogP contribution in [0.4, 0.5) is 0 Å². The van der Waals surface area contributed by atoms with Crippen molar-refractivity contribution < 1.29 is 0 Å². The molecule has 1 N–H and O–H groups in total. The normalized spacial score (nSPS) is 10.3. The number of hydrogen-bond acceptors (Lipinski definition) is 5. The molecule has 0 bridgehead atoms. The highest BCUT2D eigenvalue weighted by Gasteiger charge is 2.07. The van der Waals surface area contributed by atoms with E-state index in [1.807, 2.05) is 37.6 Å². The summed E-state index contributed by atoms with van der Waals surface area (Å²) in [5.74, 6) is 0. The zero-order chi connectivity index (χ0) is 13.0. The van der Waals surface area contributed by atoms with Crippen molar-refractivity contribution in [1.29, 1.82) is 5.26 Å². The van der Waals surface area contributed by atoms with Crippen LogP contribution in [0.3, 0.4) is 0 Å². The molecule has 0 fully saturated rings. The van der Waals surface area contributed by atoms with Crippen LogP contribution in [0.25, 0.3) is 0 Å². The maximum absolute atomic E-state index is 9.19. The predicted molar refractivity (Wildman–Crippen MR) is 74.9 cm³/mol. The zero-order valence-corrected chi connectivity index (χ0v) is 11.9. The molecule has 3 nitrogen and oxygen atoms in total. The molecule has 1 heterocycles. The van der Waals surface area contributed by atoms with Crippen molar-refractivity contribution in [2.24, 2.45) is 0 Å². The first-order valence-electron chi connectivity index (χ1n) is 5.50. The Kier molecular flexibility index (Phi) is 4.37. The number of benzene rings is 1. The van der Waals surface area contributed by atoms with E-state index in [1.54, 1.807) is 23.1 Å². The molecule has 0 atom stereocenters. The summed E-state index contributed by atoms with van der Waals surface area (Å²) >= 11 is 3.16. The molecule has 0 radical (unpaired) electrons. The van der Waals surface area contributed by atoms with E-state index in [0.29, 0.717) is 5.56 Å². The number of nitriles is 1. The lowest BCUT2D eigenvalue weighted by atomic mass is 10.1. The van der Waals surface area contributed by atoms with E-state index < -0.39 is 0 Å². The molecule has 2 aromatic rings. The Morgan fingerprint density at radius 3 is 2.94 bits per heavy atom. The molecule has 0 spiro atoms. The quantitative estimate of drug-likeness (QED) is 0.931. The lowest BCUT2D eigenvalue weighted by Crippen LogP contribution is -2.05. The molecule has 0 saturated heterocycles. The molecule has 2 rings (SSSR count). The van der Waals surface area contributed by atoms with Gasteiger partial charge in [-0.05, 0) is 31.7 Å². The molecule has 5 heteroatoms. The molecule has 18 heavy (non-hydrogen) atoms. The number of nitrogens with zero attached hydrogens (tertiary/aromatic N) is 2. The number of rotatable bonds is 4. The fourth-order valence-electron chi connectivity index (χ4n) is 1.54. The number of thiazole rings is 1. The summed E-state index contributed by atoms with van der Waals surface area (Å²) < 4.78 is 0.977. The second-order valence-corrected chi connectivity index (χ2v) is 5.98. The number of aryl methyl sites for hydroxylation is 1. The molecule has 0 aliphatic carbocycles.